The van der Waals surface area contributed by atoms with Crippen molar-refractivity contribution in [3.8, 4) is 5.75 Å². The Kier molecular flexibility index (Phi) is 6.41. The van der Waals surface area contributed by atoms with Gasteiger partial charge in [-0.05, 0) is 50.7 Å². The van der Waals surface area contributed by atoms with Crippen LogP contribution in [-0.2, 0) is 4.79 Å². The summed E-state index contributed by atoms with van der Waals surface area (Å²) in [4.78, 5) is 17.3. The van der Waals surface area contributed by atoms with Crippen molar-refractivity contribution in [1.29, 1.82) is 0 Å². The van der Waals surface area contributed by atoms with Crippen LogP contribution in [-0.4, -0.2) is 56.2 Å². The average Bonchev–Trinajstić information content (AvgIpc) is 2.69. The Morgan fingerprint density at radius 2 is 1.85 bits per heavy atom. The first-order chi connectivity index (χ1) is 12.6. The third-order valence-electron chi connectivity index (χ3n) is 6.02. The number of carbonyl (C=O) groups excluding carboxylic acids is 1. The Morgan fingerprint density at radius 1 is 1.15 bits per heavy atom. The van der Waals surface area contributed by atoms with E-state index in [1.54, 1.807) is 7.11 Å². The maximum atomic E-state index is 12.6. The van der Waals surface area contributed by atoms with Gasteiger partial charge in [0.15, 0.2) is 0 Å². The molecule has 0 radical (unpaired) electrons. The van der Waals surface area contributed by atoms with E-state index in [4.69, 9.17) is 4.74 Å². The molecule has 1 atom stereocenters. The Bertz CT molecular complexity index is 591. The molecule has 0 unspecified atom stereocenters. The van der Waals surface area contributed by atoms with Gasteiger partial charge in [0.2, 0.25) is 5.91 Å². The molecule has 1 saturated heterocycles. The molecule has 2 aliphatic rings. The molecule has 1 aliphatic heterocycles. The fourth-order valence-corrected chi connectivity index (χ4v) is 4.07. The van der Waals surface area contributed by atoms with Crippen molar-refractivity contribution in [1.82, 2.24) is 10.2 Å². The minimum Gasteiger partial charge on any atom is -0.497 e. The van der Waals surface area contributed by atoms with Gasteiger partial charge in [-0.1, -0.05) is 13.0 Å². The molecule has 1 saturated carbocycles. The molecule has 1 aromatic carbocycles. The number of piperazine rings is 1. The summed E-state index contributed by atoms with van der Waals surface area (Å²) < 4.78 is 5.33. The van der Waals surface area contributed by atoms with E-state index in [0.717, 1.165) is 50.7 Å². The molecule has 2 fully saturated rings. The second-order valence-corrected chi connectivity index (χ2v) is 7.87. The lowest BCUT2D eigenvalue weighted by Crippen LogP contribution is -2.55. The van der Waals surface area contributed by atoms with Crippen molar-refractivity contribution in [2.24, 2.45) is 5.92 Å². The van der Waals surface area contributed by atoms with Crippen LogP contribution in [0.15, 0.2) is 24.3 Å². The number of nitrogens with one attached hydrogen (secondary N) is 1. The van der Waals surface area contributed by atoms with Crippen LogP contribution in [0, 0.1) is 5.92 Å². The van der Waals surface area contributed by atoms with E-state index in [2.05, 4.69) is 34.2 Å². The zero-order chi connectivity index (χ0) is 18.5. The van der Waals surface area contributed by atoms with Gasteiger partial charge in [0.05, 0.1) is 13.2 Å². The fourth-order valence-electron chi connectivity index (χ4n) is 4.07. The van der Waals surface area contributed by atoms with E-state index in [1.165, 1.54) is 18.5 Å². The summed E-state index contributed by atoms with van der Waals surface area (Å²) in [6.07, 6.45) is 4.73. The zero-order valence-electron chi connectivity index (χ0n) is 16.4. The van der Waals surface area contributed by atoms with Gasteiger partial charge in [-0.2, -0.15) is 0 Å². The molecule has 1 heterocycles. The minimum absolute atomic E-state index is 0.0539. The monoisotopic (exact) mass is 359 g/mol. The van der Waals surface area contributed by atoms with Crippen molar-refractivity contribution < 1.29 is 9.53 Å². The molecule has 5 heteroatoms. The summed E-state index contributed by atoms with van der Waals surface area (Å²) in [6.45, 7) is 8.04. The first-order valence-electron chi connectivity index (χ1n) is 10.00. The van der Waals surface area contributed by atoms with Crippen LogP contribution >= 0.6 is 0 Å². The Hall–Kier alpha value is -1.75. The number of nitrogens with zero attached hydrogens (tertiary/aromatic N) is 2. The normalized spacial score (nSPS) is 25.6. The molecule has 1 aliphatic carbocycles. The van der Waals surface area contributed by atoms with Gasteiger partial charge in [-0.15, -0.1) is 0 Å². The highest BCUT2D eigenvalue weighted by Crippen LogP contribution is 2.24. The number of ether oxygens (including phenoxy) is 1. The number of carbonyl (C=O) groups is 1. The summed E-state index contributed by atoms with van der Waals surface area (Å²) in [6, 6.07) is 8.52. The highest BCUT2D eigenvalue weighted by atomic mass is 16.5. The van der Waals surface area contributed by atoms with E-state index in [1.807, 2.05) is 19.1 Å². The van der Waals surface area contributed by atoms with Crippen LogP contribution in [0.25, 0.3) is 0 Å². The van der Waals surface area contributed by atoms with Crippen molar-refractivity contribution >= 4 is 11.6 Å². The Balaban J connectivity index is 1.48. The Labute approximate surface area is 157 Å². The molecule has 26 heavy (non-hydrogen) atoms. The smallest absolute Gasteiger partial charge is 0.237 e. The van der Waals surface area contributed by atoms with Crippen LogP contribution in [0.2, 0.25) is 0 Å². The summed E-state index contributed by atoms with van der Waals surface area (Å²) in [5.41, 5.74) is 1.19. The lowest BCUT2D eigenvalue weighted by Gasteiger charge is -2.39. The van der Waals surface area contributed by atoms with Crippen LogP contribution in [0.3, 0.4) is 0 Å². The van der Waals surface area contributed by atoms with Gasteiger partial charge in [-0.3, -0.25) is 9.69 Å². The lowest BCUT2D eigenvalue weighted by atomic mass is 9.87. The van der Waals surface area contributed by atoms with Gasteiger partial charge in [0.1, 0.15) is 5.75 Å². The number of benzene rings is 1. The third-order valence-corrected chi connectivity index (χ3v) is 6.02. The number of hydrogen-bond acceptors (Lipinski definition) is 4. The van der Waals surface area contributed by atoms with Crippen molar-refractivity contribution in [3.63, 3.8) is 0 Å². The van der Waals surface area contributed by atoms with E-state index >= 15 is 0 Å². The molecule has 1 N–H and O–H groups in total. The summed E-state index contributed by atoms with van der Waals surface area (Å²) >= 11 is 0. The third kappa shape index (κ3) is 4.70. The largest absolute Gasteiger partial charge is 0.497 e. The second kappa shape index (κ2) is 8.76. The predicted molar refractivity (Wildman–Crippen MR) is 106 cm³/mol. The fraction of sp³-hybridized carbons (Fsp3) is 0.667. The minimum atomic E-state index is -0.0539. The van der Waals surface area contributed by atoms with E-state index in [-0.39, 0.29) is 11.9 Å². The van der Waals surface area contributed by atoms with Crippen LogP contribution in [0.1, 0.15) is 39.5 Å². The molecule has 0 bridgehead atoms. The second-order valence-electron chi connectivity index (χ2n) is 7.87. The van der Waals surface area contributed by atoms with E-state index < -0.39 is 0 Å². The molecule has 1 amide bonds. The number of rotatable bonds is 5. The SMILES string of the molecule is COc1cccc(N2CCN([C@H](C)C(=O)NC3CCC(C)CC3)CC2)c1. The van der Waals surface area contributed by atoms with Crippen molar-refractivity contribution in [2.45, 2.75) is 51.6 Å². The van der Waals surface area contributed by atoms with Crippen LogP contribution < -0.4 is 15.0 Å². The standard InChI is InChI=1S/C21H33N3O2/c1-16-7-9-18(10-8-16)22-21(25)17(2)23-11-13-24(14-12-23)19-5-4-6-20(15-19)26-3/h4-6,15-18H,7-14H2,1-3H3,(H,22,25)/t16?,17-,18?/m1/s1. The summed E-state index contributed by atoms with van der Waals surface area (Å²) in [5.74, 6) is 1.89. The highest BCUT2D eigenvalue weighted by molar-refractivity contribution is 5.81. The summed E-state index contributed by atoms with van der Waals surface area (Å²) in [7, 11) is 1.70. The molecule has 1 aromatic rings. The van der Waals surface area contributed by atoms with Crippen molar-refractivity contribution in [3.05, 3.63) is 24.3 Å². The Morgan fingerprint density at radius 3 is 2.50 bits per heavy atom. The van der Waals surface area contributed by atoms with Gasteiger partial charge >= 0.3 is 0 Å². The average molecular weight is 360 g/mol. The van der Waals surface area contributed by atoms with Crippen molar-refractivity contribution in [2.75, 3.05) is 38.2 Å². The first-order valence-corrected chi connectivity index (χ1v) is 10.00. The molecule has 144 valence electrons. The van der Waals surface area contributed by atoms with Crippen LogP contribution in [0.5, 0.6) is 5.75 Å². The molecule has 5 nitrogen and oxygen atoms in total. The topological polar surface area (TPSA) is 44.8 Å². The molecule has 0 aromatic heterocycles. The molecule has 3 rings (SSSR count). The molecule has 0 spiro atoms. The number of amides is 1. The van der Waals surface area contributed by atoms with Gasteiger partial charge in [0, 0.05) is 44.0 Å². The maximum Gasteiger partial charge on any atom is 0.237 e. The number of anilines is 1. The molecular formula is C21H33N3O2. The van der Waals surface area contributed by atoms with E-state index in [0.29, 0.717) is 6.04 Å². The van der Waals surface area contributed by atoms with Crippen LogP contribution in [0.4, 0.5) is 5.69 Å². The first kappa shape index (κ1) is 19.0. The quantitative estimate of drug-likeness (QED) is 0.878. The van der Waals surface area contributed by atoms with Gasteiger partial charge < -0.3 is 15.0 Å². The maximum absolute atomic E-state index is 12.6. The predicted octanol–water partition coefficient (Wildman–Crippen LogP) is 2.90. The van der Waals surface area contributed by atoms with Gasteiger partial charge in [0.25, 0.3) is 0 Å². The highest BCUT2D eigenvalue weighted by Gasteiger charge is 2.28. The zero-order valence-corrected chi connectivity index (χ0v) is 16.4. The van der Waals surface area contributed by atoms with E-state index in [9.17, 15) is 4.79 Å². The lowest BCUT2D eigenvalue weighted by molar-refractivity contribution is -0.127. The number of hydrogen-bond donors (Lipinski definition) is 1. The number of methoxy groups -OCH3 is 1. The summed E-state index contributed by atoms with van der Waals surface area (Å²) in [5, 5.41) is 3.28. The van der Waals surface area contributed by atoms with Gasteiger partial charge in [-0.25, -0.2) is 0 Å². The molecular weight excluding hydrogens is 326 g/mol.